The van der Waals surface area contributed by atoms with Gasteiger partial charge in [-0.2, -0.15) is 0 Å². The maximum absolute atomic E-state index is 13.8. The summed E-state index contributed by atoms with van der Waals surface area (Å²) in [5, 5.41) is 3.63. The molecule has 0 aliphatic rings. The predicted octanol–water partition coefficient (Wildman–Crippen LogP) is 6.74. The van der Waals surface area contributed by atoms with Gasteiger partial charge in [-0.3, -0.25) is 9.59 Å². The smallest absolute Gasteiger partial charge is 0.243 e. The number of hydrogen-bond acceptors (Lipinski definition) is 2. The second kappa shape index (κ2) is 13.4. The lowest BCUT2D eigenvalue weighted by molar-refractivity contribution is -0.141. The highest BCUT2D eigenvalue weighted by molar-refractivity contribution is 6.30. The monoisotopic (exact) mass is 518 g/mol. The second-order valence-electron chi connectivity index (χ2n) is 10.6. The minimum atomic E-state index is -0.622. The van der Waals surface area contributed by atoms with Gasteiger partial charge in [-0.25, -0.2) is 0 Å². The molecular formula is C32H39ClN2O2. The highest BCUT2D eigenvalue weighted by Crippen LogP contribution is 2.23. The van der Waals surface area contributed by atoms with Crippen molar-refractivity contribution in [2.45, 2.75) is 71.4 Å². The Morgan fingerprint density at radius 1 is 0.892 bits per heavy atom. The summed E-state index contributed by atoms with van der Waals surface area (Å²) in [4.78, 5) is 28.9. The van der Waals surface area contributed by atoms with Gasteiger partial charge < -0.3 is 10.2 Å². The van der Waals surface area contributed by atoms with E-state index in [2.05, 4.69) is 50.4 Å². The van der Waals surface area contributed by atoms with Crippen LogP contribution in [0.15, 0.2) is 78.9 Å². The second-order valence-corrected chi connectivity index (χ2v) is 11.0. The van der Waals surface area contributed by atoms with Gasteiger partial charge in [0, 0.05) is 31.0 Å². The van der Waals surface area contributed by atoms with Gasteiger partial charge in [0.1, 0.15) is 6.04 Å². The van der Waals surface area contributed by atoms with E-state index in [0.29, 0.717) is 37.4 Å². The molecule has 0 aliphatic carbocycles. The van der Waals surface area contributed by atoms with Crippen molar-refractivity contribution in [3.63, 3.8) is 0 Å². The van der Waals surface area contributed by atoms with Crippen molar-refractivity contribution in [1.29, 1.82) is 0 Å². The van der Waals surface area contributed by atoms with Crippen molar-refractivity contribution in [2.24, 2.45) is 0 Å². The highest BCUT2D eigenvalue weighted by atomic mass is 35.5. The van der Waals surface area contributed by atoms with Crippen LogP contribution in [0.25, 0.3) is 0 Å². The third-order valence-electron chi connectivity index (χ3n) is 6.51. The molecular weight excluding hydrogens is 480 g/mol. The Morgan fingerprint density at radius 3 is 2.19 bits per heavy atom. The van der Waals surface area contributed by atoms with Gasteiger partial charge in [0.05, 0.1) is 0 Å². The number of carbonyl (C=O) groups excluding carboxylic acids is 2. The fourth-order valence-corrected chi connectivity index (χ4v) is 4.53. The first-order valence-corrected chi connectivity index (χ1v) is 13.5. The summed E-state index contributed by atoms with van der Waals surface area (Å²) in [6, 6.07) is 25.2. The number of nitrogens with zero attached hydrogens (tertiary/aromatic N) is 1. The molecule has 37 heavy (non-hydrogen) atoms. The zero-order valence-corrected chi connectivity index (χ0v) is 23.2. The Kier molecular flexibility index (Phi) is 10.3. The minimum absolute atomic E-state index is 0.0487. The molecule has 3 aromatic carbocycles. The van der Waals surface area contributed by atoms with Crippen LogP contribution in [0.1, 0.15) is 62.8 Å². The van der Waals surface area contributed by atoms with E-state index in [1.165, 1.54) is 5.56 Å². The number of halogens is 1. The maximum Gasteiger partial charge on any atom is 0.243 e. The van der Waals surface area contributed by atoms with Crippen molar-refractivity contribution in [1.82, 2.24) is 10.2 Å². The molecule has 0 saturated heterocycles. The predicted molar refractivity (Wildman–Crippen MR) is 153 cm³/mol. The molecule has 0 spiro atoms. The first-order chi connectivity index (χ1) is 17.7. The van der Waals surface area contributed by atoms with Crippen LogP contribution >= 0.6 is 11.6 Å². The number of carbonyl (C=O) groups is 2. The zero-order chi connectivity index (χ0) is 26.8. The molecule has 2 amide bonds. The third kappa shape index (κ3) is 8.75. The van der Waals surface area contributed by atoms with Crippen LogP contribution in [-0.4, -0.2) is 29.3 Å². The van der Waals surface area contributed by atoms with Crippen LogP contribution in [0, 0.1) is 0 Å². The van der Waals surface area contributed by atoms with Gasteiger partial charge in [-0.15, -0.1) is 0 Å². The lowest BCUT2D eigenvalue weighted by atomic mass is 9.86. The Balaban J connectivity index is 1.86. The van der Waals surface area contributed by atoms with E-state index in [1.807, 2.05) is 61.5 Å². The quantitative estimate of drug-likeness (QED) is 0.305. The summed E-state index contributed by atoms with van der Waals surface area (Å²) in [6.07, 6.45) is 2.21. The summed E-state index contributed by atoms with van der Waals surface area (Å²) < 4.78 is 0. The Hall–Kier alpha value is -3.11. The average Bonchev–Trinajstić information content (AvgIpc) is 2.88. The molecule has 0 radical (unpaired) electrons. The molecule has 4 nitrogen and oxygen atoms in total. The van der Waals surface area contributed by atoms with Gasteiger partial charge in [-0.1, -0.05) is 106 Å². The van der Waals surface area contributed by atoms with Crippen LogP contribution in [0.3, 0.4) is 0 Å². The Morgan fingerprint density at radius 2 is 1.57 bits per heavy atom. The van der Waals surface area contributed by atoms with Crippen LogP contribution in [0.2, 0.25) is 5.02 Å². The topological polar surface area (TPSA) is 49.4 Å². The molecule has 0 aliphatic heterocycles. The van der Waals surface area contributed by atoms with E-state index in [0.717, 1.165) is 23.1 Å². The molecule has 0 fully saturated rings. The molecule has 3 rings (SSSR count). The lowest BCUT2D eigenvalue weighted by Crippen LogP contribution is -2.50. The first kappa shape index (κ1) is 28.5. The number of rotatable bonds is 11. The number of hydrogen-bond donors (Lipinski definition) is 1. The standard InChI is InChI=1S/C32H39ClN2O2/c1-5-20-34-31(37)29(22-25-10-7-6-8-11-25)35(23-26-12-9-13-28(33)21-26)30(36)19-16-24-14-17-27(18-15-24)32(2,3)4/h6-15,17-18,21,29H,5,16,19-20,22-23H2,1-4H3,(H,34,37). The van der Waals surface area contributed by atoms with E-state index in [4.69, 9.17) is 11.6 Å². The van der Waals surface area contributed by atoms with E-state index >= 15 is 0 Å². The van der Waals surface area contributed by atoms with E-state index in [1.54, 1.807) is 4.90 Å². The molecule has 0 aromatic heterocycles. The fraction of sp³-hybridized carbons (Fsp3) is 0.375. The average molecular weight is 519 g/mol. The molecule has 1 unspecified atom stereocenters. The highest BCUT2D eigenvalue weighted by Gasteiger charge is 2.30. The largest absolute Gasteiger partial charge is 0.354 e. The molecule has 196 valence electrons. The van der Waals surface area contributed by atoms with Gasteiger partial charge in [0.25, 0.3) is 0 Å². The normalized spacial score (nSPS) is 12.1. The molecule has 3 aromatic rings. The van der Waals surface area contributed by atoms with Crippen LogP contribution < -0.4 is 5.32 Å². The molecule has 0 saturated carbocycles. The summed E-state index contributed by atoms with van der Waals surface area (Å²) in [5.41, 5.74) is 4.37. The molecule has 1 atom stereocenters. The summed E-state index contributed by atoms with van der Waals surface area (Å²) >= 11 is 6.25. The SMILES string of the molecule is CCCNC(=O)C(Cc1ccccc1)N(Cc1cccc(Cl)c1)C(=O)CCc1ccc(C(C)(C)C)cc1. The summed E-state index contributed by atoms with van der Waals surface area (Å²) in [6.45, 7) is 9.48. The first-order valence-electron chi connectivity index (χ1n) is 13.1. The zero-order valence-electron chi connectivity index (χ0n) is 22.5. The minimum Gasteiger partial charge on any atom is -0.354 e. The molecule has 0 heterocycles. The number of benzene rings is 3. The maximum atomic E-state index is 13.8. The van der Waals surface area contributed by atoms with Gasteiger partial charge in [0.2, 0.25) is 11.8 Å². The summed E-state index contributed by atoms with van der Waals surface area (Å²) in [5.74, 6) is -0.178. The van der Waals surface area contributed by atoms with E-state index in [-0.39, 0.29) is 17.2 Å². The van der Waals surface area contributed by atoms with Crippen molar-refractivity contribution >= 4 is 23.4 Å². The number of amides is 2. The Bertz CT molecular complexity index is 1150. The van der Waals surface area contributed by atoms with Crippen LogP contribution in [-0.2, 0) is 34.4 Å². The van der Waals surface area contributed by atoms with Gasteiger partial charge >= 0.3 is 0 Å². The molecule has 5 heteroatoms. The number of aryl methyl sites for hydroxylation is 1. The van der Waals surface area contributed by atoms with Gasteiger partial charge in [0.15, 0.2) is 0 Å². The van der Waals surface area contributed by atoms with Gasteiger partial charge in [-0.05, 0) is 52.6 Å². The fourth-order valence-electron chi connectivity index (χ4n) is 4.32. The van der Waals surface area contributed by atoms with Crippen molar-refractivity contribution in [3.8, 4) is 0 Å². The van der Waals surface area contributed by atoms with Crippen molar-refractivity contribution < 1.29 is 9.59 Å². The van der Waals surface area contributed by atoms with Crippen molar-refractivity contribution in [2.75, 3.05) is 6.54 Å². The summed E-state index contributed by atoms with van der Waals surface area (Å²) in [7, 11) is 0. The molecule has 0 bridgehead atoms. The Labute approximate surface area is 227 Å². The van der Waals surface area contributed by atoms with Crippen LogP contribution in [0.4, 0.5) is 0 Å². The molecule has 1 N–H and O–H groups in total. The van der Waals surface area contributed by atoms with Crippen molar-refractivity contribution in [3.05, 3.63) is 106 Å². The van der Waals surface area contributed by atoms with E-state index in [9.17, 15) is 9.59 Å². The van der Waals surface area contributed by atoms with Crippen LogP contribution in [0.5, 0.6) is 0 Å². The third-order valence-corrected chi connectivity index (χ3v) is 6.74. The van der Waals surface area contributed by atoms with E-state index < -0.39 is 6.04 Å². The number of nitrogens with one attached hydrogen (secondary N) is 1. The lowest BCUT2D eigenvalue weighted by Gasteiger charge is -2.32.